The Bertz CT molecular complexity index is 3040. The number of nitrogens with zero attached hydrogens (tertiary/aromatic N) is 4. The number of rotatable bonds is 8. The number of imidazole rings is 1. The molecule has 9 aromatic rings. The van der Waals surface area contributed by atoms with Gasteiger partial charge in [-0.1, -0.05) is 106 Å². The summed E-state index contributed by atoms with van der Waals surface area (Å²) in [6.07, 6.45) is 8.42. The molecule has 0 N–H and O–H groups in total. The Labute approximate surface area is 395 Å². The zero-order chi connectivity index (χ0) is 43.9. The molecule has 1 aliphatic rings. The second-order valence-corrected chi connectivity index (χ2v) is 30.2. The van der Waals surface area contributed by atoms with Gasteiger partial charge in [0.05, 0.1) is 22.4 Å². The van der Waals surface area contributed by atoms with Crippen LogP contribution in [0.15, 0.2) is 138 Å². The monoisotopic (exact) mass is 1080 g/mol. The number of para-hydroxylation sites is 2. The molecule has 0 atom stereocenters. The van der Waals surface area contributed by atoms with Crippen LogP contribution >= 0.6 is 0 Å². The van der Waals surface area contributed by atoms with Crippen LogP contribution in [0, 0.1) is 18.1 Å². The van der Waals surface area contributed by atoms with E-state index in [9.17, 15) is 0 Å². The van der Waals surface area contributed by atoms with Crippen molar-refractivity contribution in [3.63, 3.8) is 0 Å². The zero-order valence-corrected chi connectivity index (χ0v) is 42.9. The Morgan fingerprint density at radius 1 is 0.766 bits per heavy atom. The van der Waals surface area contributed by atoms with Crippen molar-refractivity contribution in [3.05, 3.63) is 163 Å². The number of hydrogen-bond acceptors (Lipinski definition) is 4. The maximum atomic E-state index is 6.61. The maximum Gasteiger partial charge on any atom is 0 e. The fourth-order valence-corrected chi connectivity index (χ4v) is 12.8. The Morgan fingerprint density at radius 3 is 2.23 bits per heavy atom. The van der Waals surface area contributed by atoms with Crippen molar-refractivity contribution in [1.82, 2.24) is 19.5 Å². The minimum atomic E-state index is -1.85. The SMILES string of the molecule is CC(C)(C)c1cc(-c2ccccc2)ccc1-n1c(-c2[c-]ccc3c2oc2nc(CC4CCCC4)ccc23)nc2ccccc21.CC(C)c1cc(-c2[c-]cccc2)nc[c]1[Ge]([CH3])([CH3])[CH3].[Ir]. The minimum Gasteiger partial charge on any atom is 0 e. The smallest absolute Gasteiger partial charge is 0 e. The molecule has 1 saturated carbocycles. The van der Waals surface area contributed by atoms with Crippen LogP contribution in [-0.2, 0) is 31.9 Å². The van der Waals surface area contributed by atoms with Crippen LogP contribution in [0.4, 0.5) is 0 Å². The predicted molar refractivity (Wildman–Crippen MR) is 266 cm³/mol. The van der Waals surface area contributed by atoms with Crippen LogP contribution in [0.25, 0.3) is 72.6 Å². The zero-order valence-electron chi connectivity index (χ0n) is 38.4. The fourth-order valence-electron chi connectivity index (χ4n) is 9.31. The molecule has 0 amide bonds. The largest absolute Gasteiger partial charge is 0 e. The summed E-state index contributed by atoms with van der Waals surface area (Å²) < 4.78 is 10.4. The van der Waals surface area contributed by atoms with Crippen LogP contribution in [0.2, 0.25) is 17.3 Å². The quantitative estimate of drug-likeness (QED) is 0.112. The molecule has 0 unspecified atom stereocenters. The van der Waals surface area contributed by atoms with Crippen molar-refractivity contribution >= 4 is 50.8 Å². The molecule has 1 aliphatic carbocycles. The predicted octanol–water partition coefficient (Wildman–Crippen LogP) is 14.7. The first-order valence-corrected chi connectivity index (χ1v) is 30.1. The molecule has 10 rings (SSSR count). The van der Waals surface area contributed by atoms with Crippen LogP contribution in [-0.4, -0.2) is 32.8 Å². The number of benzene rings is 5. The molecule has 0 saturated heterocycles. The van der Waals surface area contributed by atoms with Crippen LogP contribution in [0.1, 0.15) is 83.0 Å². The second kappa shape index (κ2) is 18.8. The van der Waals surface area contributed by atoms with Gasteiger partial charge in [-0.15, -0.1) is 18.2 Å². The Morgan fingerprint density at radius 2 is 1.52 bits per heavy atom. The molecule has 0 aliphatic heterocycles. The molecule has 64 heavy (non-hydrogen) atoms. The van der Waals surface area contributed by atoms with Gasteiger partial charge in [0.25, 0.3) is 0 Å². The van der Waals surface area contributed by atoms with Gasteiger partial charge in [-0.3, -0.25) is 4.98 Å². The van der Waals surface area contributed by atoms with E-state index < -0.39 is 13.3 Å². The summed E-state index contributed by atoms with van der Waals surface area (Å²) in [6, 6.07) is 51.3. The van der Waals surface area contributed by atoms with Gasteiger partial charge in [0, 0.05) is 36.9 Å². The van der Waals surface area contributed by atoms with E-state index in [0.717, 1.165) is 73.8 Å². The van der Waals surface area contributed by atoms with E-state index in [1.807, 2.05) is 30.3 Å². The van der Waals surface area contributed by atoms with Gasteiger partial charge in [0.15, 0.2) is 0 Å². The number of aromatic nitrogens is 4. The van der Waals surface area contributed by atoms with E-state index in [1.165, 1.54) is 52.3 Å². The molecule has 1 fully saturated rings. The molecule has 7 heteroatoms. The van der Waals surface area contributed by atoms with E-state index in [4.69, 9.17) is 14.4 Å². The van der Waals surface area contributed by atoms with Crippen molar-refractivity contribution in [1.29, 1.82) is 0 Å². The molecule has 0 bridgehead atoms. The molecule has 5 aromatic carbocycles. The molecule has 4 heterocycles. The third kappa shape index (κ3) is 9.34. The number of pyridine rings is 2. The van der Waals surface area contributed by atoms with E-state index >= 15 is 0 Å². The Balaban J connectivity index is 0.000000236. The molecule has 5 nitrogen and oxygen atoms in total. The minimum absolute atomic E-state index is 0. The van der Waals surface area contributed by atoms with E-state index in [-0.39, 0.29) is 25.5 Å². The summed E-state index contributed by atoms with van der Waals surface area (Å²) in [5, 5.41) is 2.08. The maximum absolute atomic E-state index is 6.61. The third-order valence-corrected chi connectivity index (χ3v) is 16.9. The van der Waals surface area contributed by atoms with Gasteiger partial charge in [-0.2, -0.15) is 0 Å². The van der Waals surface area contributed by atoms with Crippen molar-refractivity contribution in [2.75, 3.05) is 0 Å². The number of fused-ring (bicyclic) bond motifs is 4. The summed E-state index contributed by atoms with van der Waals surface area (Å²) in [4.78, 5) is 14.9. The van der Waals surface area contributed by atoms with Gasteiger partial charge in [-0.25, -0.2) is 4.98 Å². The molecule has 327 valence electrons. The van der Waals surface area contributed by atoms with Crippen molar-refractivity contribution in [2.24, 2.45) is 5.92 Å². The van der Waals surface area contributed by atoms with Crippen molar-refractivity contribution in [2.45, 2.75) is 95.3 Å². The van der Waals surface area contributed by atoms with Gasteiger partial charge in [0.1, 0.15) is 0 Å². The van der Waals surface area contributed by atoms with Crippen LogP contribution in [0.5, 0.6) is 0 Å². The Kier molecular flexibility index (Phi) is 13.3. The van der Waals surface area contributed by atoms with Gasteiger partial charge < -0.3 is 8.98 Å². The van der Waals surface area contributed by atoms with Gasteiger partial charge in [0.2, 0.25) is 5.71 Å². The first-order chi connectivity index (χ1) is 30.3. The Hall–Kier alpha value is -5.14. The second-order valence-electron chi connectivity index (χ2n) is 19.7. The summed E-state index contributed by atoms with van der Waals surface area (Å²) in [5.41, 5.74) is 13.7. The van der Waals surface area contributed by atoms with E-state index in [0.29, 0.717) is 11.6 Å². The summed E-state index contributed by atoms with van der Waals surface area (Å²) in [5.74, 6) is 9.38. The molecular weight excluding hydrogens is 1020 g/mol. The molecule has 0 spiro atoms. The van der Waals surface area contributed by atoms with E-state index in [2.05, 4.69) is 177 Å². The van der Waals surface area contributed by atoms with E-state index in [1.54, 1.807) is 0 Å². The summed E-state index contributed by atoms with van der Waals surface area (Å²) in [6.45, 7) is 11.4. The van der Waals surface area contributed by atoms with Crippen LogP contribution in [0.3, 0.4) is 0 Å². The summed E-state index contributed by atoms with van der Waals surface area (Å²) >= 11 is -1.85. The first kappa shape index (κ1) is 45.4. The van der Waals surface area contributed by atoms with Crippen LogP contribution < -0.4 is 4.40 Å². The number of hydrogen-bond donors (Lipinski definition) is 0. The normalized spacial score (nSPS) is 13.4. The molecule has 4 aromatic heterocycles. The summed E-state index contributed by atoms with van der Waals surface area (Å²) in [7, 11) is 0. The molecular formula is C57H58GeIrN4O-2. The topological polar surface area (TPSA) is 56.7 Å². The average molecular weight is 1080 g/mol. The van der Waals surface area contributed by atoms with Crippen molar-refractivity contribution in [3.8, 4) is 39.5 Å². The van der Waals surface area contributed by atoms with Crippen molar-refractivity contribution < 1.29 is 24.5 Å². The van der Waals surface area contributed by atoms with Gasteiger partial charge >= 0.3 is 119 Å². The standard InChI is InChI=1S/C40H36N3O.C17H22GeN.Ir/c1-40(2,3)33-25-28(27-14-5-4-6-15-27)20-23-35(33)43-36-19-10-9-18-34(36)42-38(43)32-17-11-16-30-31-22-21-29(24-26-12-7-8-13-26)41-39(31)44-37(30)32;1-13(2)15-11-17(14-9-7-6-8-10-14)19-12-16(15)18(3,4)5;/h4-6,9-11,14-16,18-23,25-26H,7-8,12-13,24H2,1-3H3;6-9,11-13H,1-5H3;/q2*-1;. The first-order valence-electron chi connectivity index (χ1n) is 22.7. The third-order valence-electron chi connectivity index (χ3n) is 12.6. The van der Waals surface area contributed by atoms with Gasteiger partial charge in [-0.05, 0) is 70.8 Å². The fraction of sp³-hybridized carbons (Fsp3) is 0.281. The average Bonchev–Trinajstić information content (AvgIpc) is 4.04. The molecule has 1 radical (unpaired) electrons. The number of furan rings is 1.